The molecule has 1 heterocycles. The SMILES string of the molecule is C=CCOc1ccc(C=C(C#N)c2nc3ccccc3c(=O)[nH]2)cc1. The summed E-state index contributed by atoms with van der Waals surface area (Å²) < 4.78 is 5.43. The number of fused-ring (bicyclic) bond motifs is 1. The van der Waals surface area contributed by atoms with Crippen molar-refractivity contribution in [3.8, 4) is 11.8 Å². The molecule has 0 aliphatic rings. The Morgan fingerprint density at radius 3 is 2.72 bits per heavy atom. The number of hydrogen-bond acceptors (Lipinski definition) is 4. The van der Waals surface area contributed by atoms with E-state index in [1.165, 1.54) is 0 Å². The third-order valence-electron chi connectivity index (χ3n) is 3.55. The average Bonchev–Trinajstić information content (AvgIpc) is 2.65. The standard InChI is InChI=1S/C20H15N3O2/c1-2-11-25-16-9-7-14(8-10-16)12-15(13-21)19-22-18-6-4-3-5-17(18)20(24)23-19/h2-10,12H,1,11H2,(H,22,23,24). The molecule has 0 aliphatic heterocycles. The molecular formula is C20H15N3O2. The second-order valence-corrected chi connectivity index (χ2v) is 5.27. The van der Waals surface area contributed by atoms with Crippen LogP contribution in [0.25, 0.3) is 22.6 Å². The monoisotopic (exact) mass is 329 g/mol. The Balaban J connectivity index is 1.97. The first-order chi connectivity index (χ1) is 12.2. The van der Waals surface area contributed by atoms with Crippen LogP contribution in [0.2, 0.25) is 0 Å². The Labute approximate surface area is 144 Å². The Hall–Kier alpha value is -3.65. The molecule has 0 radical (unpaired) electrons. The lowest BCUT2D eigenvalue weighted by atomic mass is 10.1. The number of ether oxygens (including phenoxy) is 1. The normalized spacial score (nSPS) is 11.1. The van der Waals surface area contributed by atoms with Gasteiger partial charge in [0.15, 0.2) is 5.82 Å². The molecule has 0 atom stereocenters. The molecule has 3 aromatic rings. The van der Waals surface area contributed by atoms with E-state index in [0.29, 0.717) is 23.3 Å². The molecule has 0 spiro atoms. The zero-order valence-corrected chi connectivity index (χ0v) is 13.4. The van der Waals surface area contributed by atoms with Crippen LogP contribution in [0.15, 0.2) is 66.0 Å². The minimum absolute atomic E-state index is 0.248. The fraction of sp³-hybridized carbons (Fsp3) is 0.0500. The Kier molecular flexibility index (Phi) is 4.72. The minimum Gasteiger partial charge on any atom is -0.490 e. The largest absolute Gasteiger partial charge is 0.490 e. The van der Waals surface area contributed by atoms with E-state index < -0.39 is 0 Å². The summed E-state index contributed by atoms with van der Waals surface area (Å²) in [5, 5.41) is 9.95. The van der Waals surface area contributed by atoms with Crippen molar-refractivity contribution in [2.45, 2.75) is 0 Å². The number of benzene rings is 2. The van der Waals surface area contributed by atoms with Crippen LogP contribution >= 0.6 is 0 Å². The predicted octanol–water partition coefficient (Wildman–Crippen LogP) is 3.55. The molecule has 0 bridgehead atoms. The number of nitriles is 1. The summed E-state index contributed by atoms with van der Waals surface area (Å²) in [5.41, 5.74) is 1.37. The molecule has 3 rings (SSSR count). The van der Waals surface area contributed by atoms with Gasteiger partial charge >= 0.3 is 0 Å². The van der Waals surface area contributed by atoms with Crippen LogP contribution in [0.4, 0.5) is 0 Å². The highest BCUT2D eigenvalue weighted by Crippen LogP contribution is 2.18. The third-order valence-corrected chi connectivity index (χ3v) is 3.55. The lowest BCUT2D eigenvalue weighted by Gasteiger charge is -2.04. The first kappa shape index (κ1) is 16.2. The third kappa shape index (κ3) is 3.65. The van der Waals surface area contributed by atoms with Crippen molar-refractivity contribution < 1.29 is 4.74 Å². The molecule has 5 nitrogen and oxygen atoms in total. The van der Waals surface area contributed by atoms with E-state index in [9.17, 15) is 10.1 Å². The van der Waals surface area contributed by atoms with Gasteiger partial charge in [-0.25, -0.2) is 4.98 Å². The van der Waals surface area contributed by atoms with Crippen LogP contribution in [-0.2, 0) is 0 Å². The molecule has 25 heavy (non-hydrogen) atoms. The number of aromatic nitrogens is 2. The zero-order valence-electron chi connectivity index (χ0n) is 13.4. The van der Waals surface area contributed by atoms with Crippen molar-refractivity contribution in [2.75, 3.05) is 6.61 Å². The average molecular weight is 329 g/mol. The lowest BCUT2D eigenvalue weighted by molar-refractivity contribution is 0.363. The summed E-state index contributed by atoms with van der Waals surface area (Å²) in [7, 11) is 0. The van der Waals surface area contributed by atoms with E-state index in [1.54, 1.807) is 48.6 Å². The second-order valence-electron chi connectivity index (χ2n) is 5.27. The predicted molar refractivity (Wildman–Crippen MR) is 98.0 cm³/mol. The number of H-pyrrole nitrogens is 1. The van der Waals surface area contributed by atoms with Crippen molar-refractivity contribution in [3.63, 3.8) is 0 Å². The summed E-state index contributed by atoms with van der Waals surface area (Å²) in [6.07, 6.45) is 3.34. The highest BCUT2D eigenvalue weighted by molar-refractivity contribution is 5.89. The number of nitrogens with zero attached hydrogens (tertiary/aromatic N) is 2. The molecule has 2 aromatic carbocycles. The highest BCUT2D eigenvalue weighted by atomic mass is 16.5. The molecule has 0 aliphatic carbocycles. The van der Waals surface area contributed by atoms with Crippen molar-refractivity contribution in [3.05, 3.63) is 82.9 Å². The Morgan fingerprint density at radius 2 is 2.00 bits per heavy atom. The van der Waals surface area contributed by atoms with Gasteiger partial charge in [-0.05, 0) is 35.9 Å². The van der Waals surface area contributed by atoms with Crippen molar-refractivity contribution in [1.82, 2.24) is 9.97 Å². The van der Waals surface area contributed by atoms with E-state index in [1.807, 2.05) is 12.1 Å². The molecule has 0 unspecified atom stereocenters. The summed E-state index contributed by atoms with van der Waals surface area (Å²) in [5.74, 6) is 0.964. The maximum absolute atomic E-state index is 12.2. The van der Waals surface area contributed by atoms with Crippen LogP contribution in [0, 0.1) is 11.3 Å². The van der Waals surface area contributed by atoms with Crippen molar-refractivity contribution in [2.24, 2.45) is 0 Å². The van der Waals surface area contributed by atoms with E-state index in [2.05, 4.69) is 22.6 Å². The topological polar surface area (TPSA) is 78.8 Å². The molecule has 0 amide bonds. The molecule has 5 heteroatoms. The lowest BCUT2D eigenvalue weighted by Crippen LogP contribution is -2.11. The van der Waals surface area contributed by atoms with Gasteiger partial charge in [0.1, 0.15) is 18.4 Å². The van der Waals surface area contributed by atoms with Gasteiger partial charge < -0.3 is 9.72 Å². The van der Waals surface area contributed by atoms with Gasteiger partial charge in [0, 0.05) is 0 Å². The molecule has 122 valence electrons. The summed E-state index contributed by atoms with van der Waals surface area (Å²) in [4.78, 5) is 19.2. The maximum atomic E-state index is 12.2. The second kappa shape index (κ2) is 7.28. The van der Waals surface area contributed by atoms with Gasteiger partial charge in [-0.15, -0.1) is 0 Å². The first-order valence-electron chi connectivity index (χ1n) is 7.66. The molecule has 1 N–H and O–H groups in total. The van der Waals surface area contributed by atoms with Gasteiger partial charge in [0.25, 0.3) is 5.56 Å². The molecule has 0 saturated carbocycles. The van der Waals surface area contributed by atoms with Crippen LogP contribution in [0.5, 0.6) is 5.75 Å². The fourth-order valence-corrected chi connectivity index (χ4v) is 2.35. The van der Waals surface area contributed by atoms with Gasteiger partial charge in [-0.2, -0.15) is 5.26 Å². The number of nitrogens with one attached hydrogen (secondary N) is 1. The number of aromatic amines is 1. The zero-order chi connectivity index (χ0) is 17.6. The summed E-state index contributed by atoms with van der Waals surface area (Å²) >= 11 is 0. The number of hydrogen-bond donors (Lipinski definition) is 1. The molecular weight excluding hydrogens is 314 g/mol. The van der Waals surface area contributed by atoms with E-state index in [-0.39, 0.29) is 17.0 Å². The number of para-hydroxylation sites is 1. The van der Waals surface area contributed by atoms with E-state index in [4.69, 9.17) is 4.74 Å². The number of rotatable bonds is 5. The van der Waals surface area contributed by atoms with Crippen LogP contribution in [0.1, 0.15) is 11.4 Å². The summed E-state index contributed by atoms with van der Waals surface area (Å²) in [6, 6.07) is 16.4. The van der Waals surface area contributed by atoms with Crippen LogP contribution < -0.4 is 10.3 Å². The quantitative estimate of drug-likeness (QED) is 0.573. The molecule has 0 fully saturated rings. The Bertz CT molecular complexity index is 1040. The van der Waals surface area contributed by atoms with Crippen molar-refractivity contribution >= 4 is 22.6 Å². The highest BCUT2D eigenvalue weighted by Gasteiger charge is 2.08. The Morgan fingerprint density at radius 1 is 1.24 bits per heavy atom. The summed E-state index contributed by atoms with van der Waals surface area (Å²) in [6.45, 7) is 4.03. The van der Waals surface area contributed by atoms with E-state index >= 15 is 0 Å². The smallest absolute Gasteiger partial charge is 0.259 e. The van der Waals surface area contributed by atoms with Gasteiger partial charge in [-0.3, -0.25) is 4.79 Å². The molecule has 0 saturated heterocycles. The van der Waals surface area contributed by atoms with Crippen molar-refractivity contribution in [1.29, 1.82) is 5.26 Å². The van der Waals surface area contributed by atoms with Gasteiger partial charge in [0.05, 0.1) is 16.5 Å². The number of allylic oxidation sites excluding steroid dienone is 1. The first-order valence-corrected chi connectivity index (χ1v) is 7.66. The maximum Gasteiger partial charge on any atom is 0.259 e. The minimum atomic E-state index is -0.269. The van der Waals surface area contributed by atoms with Crippen LogP contribution in [0.3, 0.4) is 0 Å². The van der Waals surface area contributed by atoms with Gasteiger partial charge in [-0.1, -0.05) is 36.9 Å². The molecule has 1 aromatic heterocycles. The van der Waals surface area contributed by atoms with E-state index in [0.717, 1.165) is 5.56 Å². The van der Waals surface area contributed by atoms with Crippen LogP contribution in [-0.4, -0.2) is 16.6 Å². The fourth-order valence-electron chi connectivity index (χ4n) is 2.35. The van der Waals surface area contributed by atoms with Gasteiger partial charge in [0.2, 0.25) is 0 Å².